The highest BCUT2D eigenvalue weighted by Gasteiger charge is 2.19. The third kappa shape index (κ3) is 3.33. The Balaban J connectivity index is 1.62. The molecule has 0 amide bonds. The van der Waals surface area contributed by atoms with Crippen LogP contribution >= 0.6 is 0 Å². The topological polar surface area (TPSA) is 71.7 Å². The van der Waals surface area contributed by atoms with Crippen molar-refractivity contribution in [1.29, 1.82) is 0 Å². The molecule has 0 atom stereocenters. The lowest BCUT2D eigenvalue weighted by Crippen LogP contribution is -2.46. The second-order valence-corrected chi connectivity index (χ2v) is 5.30. The average molecular weight is 314 g/mol. The molecule has 3 rings (SSSR count). The summed E-state index contributed by atoms with van der Waals surface area (Å²) >= 11 is 0. The molecule has 2 heterocycles. The number of rotatable bonds is 4. The van der Waals surface area contributed by atoms with Gasteiger partial charge in [-0.1, -0.05) is 0 Å². The molecule has 1 aliphatic rings. The van der Waals surface area contributed by atoms with Gasteiger partial charge in [-0.2, -0.15) is 0 Å². The zero-order valence-corrected chi connectivity index (χ0v) is 12.9. The molecule has 0 N–H and O–H groups in total. The third-order valence-electron chi connectivity index (χ3n) is 3.98. The van der Waals surface area contributed by atoms with Crippen LogP contribution in [0, 0.1) is 10.1 Å². The van der Waals surface area contributed by atoms with Gasteiger partial charge in [-0.05, 0) is 30.3 Å². The predicted octanol–water partition coefficient (Wildman–Crippen LogP) is 2.33. The number of hydrogen-bond donors (Lipinski definition) is 0. The largest absolute Gasteiger partial charge is 0.497 e. The van der Waals surface area contributed by atoms with Crippen LogP contribution in [0.2, 0.25) is 0 Å². The van der Waals surface area contributed by atoms with Crippen molar-refractivity contribution in [3.63, 3.8) is 0 Å². The standard InChI is InChI=1S/C16H18N4O3/c1-23-15-5-2-13(3-6-15)18-8-10-19(11-9-18)16-7-4-14(12-17-16)20(21)22/h2-7,12H,8-11H2,1H3. The summed E-state index contributed by atoms with van der Waals surface area (Å²) in [5, 5.41) is 10.7. The molecule has 0 radical (unpaired) electrons. The Kier molecular flexibility index (Phi) is 4.27. The smallest absolute Gasteiger partial charge is 0.287 e. The predicted molar refractivity (Wildman–Crippen MR) is 88.3 cm³/mol. The van der Waals surface area contributed by atoms with Gasteiger partial charge in [-0.15, -0.1) is 0 Å². The zero-order chi connectivity index (χ0) is 16.2. The van der Waals surface area contributed by atoms with Gasteiger partial charge in [-0.25, -0.2) is 4.98 Å². The van der Waals surface area contributed by atoms with Crippen molar-refractivity contribution >= 4 is 17.2 Å². The molecule has 0 spiro atoms. The Bertz CT molecular complexity index is 665. The fraction of sp³-hybridized carbons (Fsp3) is 0.312. The first kappa shape index (κ1) is 15.1. The minimum absolute atomic E-state index is 0.0191. The van der Waals surface area contributed by atoms with Crippen LogP contribution in [-0.2, 0) is 0 Å². The van der Waals surface area contributed by atoms with Crippen LogP contribution in [0.1, 0.15) is 0 Å². The molecule has 120 valence electrons. The monoisotopic (exact) mass is 314 g/mol. The van der Waals surface area contributed by atoms with Crippen LogP contribution < -0.4 is 14.5 Å². The molecular formula is C16H18N4O3. The average Bonchev–Trinajstić information content (AvgIpc) is 2.62. The molecule has 7 nitrogen and oxygen atoms in total. The highest BCUT2D eigenvalue weighted by Crippen LogP contribution is 2.22. The number of nitrogens with zero attached hydrogens (tertiary/aromatic N) is 4. The summed E-state index contributed by atoms with van der Waals surface area (Å²) in [6.45, 7) is 3.42. The lowest BCUT2D eigenvalue weighted by molar-refractivity contribution is -0.385. The minimum atomic E-state index is -0.432. The number of methoxy groups -OCH3 is 1. The molecule has 7 heteroatoms. The van der Waals surface area contributed by atoms with E-state index in [0.717, 1.165) is 37.7 Å². The van der Waals surface area contributed by atoms with Crippen LogP contribution in [0.4, 0.5) is 17.2 Å². The first-order valence-corrected chi connectivity index (χ1v) is 7.42. The van der Waals surface area contributed by atoms with Gasteiger partial charge in [0.05, 0.1) is 12.0 Å². The van der Waals surface area contributed by atoms with Crippen molar-refractivity contribution in [2.45, 2.75) is 0 Å². The summed E-state index contributed by atoms with van der Waals surface area (Å²) in [7, 11) is 1.66. The minimum Gasteiger partial charge on any atom is -0.497 e. The van der Waals surface area contributed by atoms with E-state index in [1.165, 1.54) is 18.0 Å². The van der Waals surface area contributed by atoms with E-state index in [4.69, 9.17) is 4.74 Å². The van der Waals surface area contributed by atoms with Crippen LogP contribution in [-0.4, -0.2) is 43.2 Å². The van der Waals surface area contributed by atoms with E-state index in [2.05, 4.69) is 26.9 Å². The van der Waals surface area contributed by atoms with Crippen molar-refractivity contribution in [3.8, 4) is 5.75 Å². The molecule has 1 saturated heterocycles. The Labute approximate surface area is 134 Å². The van der Waals surface area contributed by atoms with E-state index in [-0.39, 0.29) is 5.69 Å². The maximum atomic E-state index is 10.7. The number of hydrogen-bond acceptors (Lipinski definition) is 6. The Hall–Kier alpha value is -2.83. The molecule has 23 heavy (non-hydrogen) atoms. The lowest BCUT2D eigenvalue weighted by atomic mass is 10.2. The zero-order valence-electron chi connectivity index (χ0n) is 12.9. The van der Waals surface area contributed by atoms with Gasteiger partial charge in [0.2, 0.25) is 0 Å². The van der Waals surface area contributed by atoms with E-state index in [0.29, 0.717) is 0 Å². The fourth-order valence-electron chi connectivity index (χ4n) is 2.66. The number of benzene rings is 1. The van der Waals surface area contributed by atoms with E-state index in [1.807, 2.05) is 12.1 Å². The van der Waals surface area contributed by atoms with E-state index in [9.17, 15) is 10.1 Å². The van der Waals surface area contributed by atoms with Gasteiger partial charge in [0, 0.05) is 37.9 Å². The number of nitro groups is 1. The van der Waals surface area contributed by atoms with Gasteiger partial charge < -0.3 is 14.5 Å². The molecule has 1 fully saturated rings. The molecule has 0 unspecified atom stereocenters. The van der Waals surface area contributed by atoms with Crippen molar-refractivity contribution in [2.75, 3.05) is 43.1 Å². The SMILES string of the molecule is COc1ccc(N2CCN(c3ccc([N+](=O)[O-])cn3)CC2)cc1. The Morgan fingerprint density at radius 2 is 1.70 bits per heavy atom. The molecular weight excluding hydrogens is 296 g/mol. The normalized spacial score (nSPS) is 14.7. The van der Waals surface area contributed by atoms with Gasteiger partial charge >= 0.3 is 0 Å². The summed E-state index contributed by atoms with van der Waals surface area (Å²) in [5.74, 6) is 1.63. The van der Waals surface area contributed by atoms with Crippen molar-refractivity contribution in [1.82, 2.24) is 4.98 Å². The first-order valence-electron chi connectivity index (χ1n) is 7.42. The fourth-order valence-corrected chi connectivity index (χ4v) is 2.66. The van der Waals surface area contributed by atoms with Crippen molar-refractivity contribution in [3.05, 3.63) is 52.7 Å². The molecule has 1 aliphatic heterocycles. The van der Waals surface area contributed by atoms with Crippen LogP contribution in [0.25, 0.3) is 0 Å². The van der Waals surface area contributed by atoms with Crippen molar-refractivity contribution in [2.24, 2.45) is 0 Å². The maximum absolute atomic E-state index is 10.7. The number of pyridine rings is 1. The molecule has 0 bridgehead atoms. The van der Waals surface area contributed by atoms with Gasteiger partial charge in [0.25, 0.3) is 5.69 Å². The quantitative estimate of drug-likeness (QED) is 0.637. The maximum Gasteiger partial charge on any atom is 0.287 e. The second-order valence-electron chi connectivity index (χ2n) is 5.30. The van der Waals surface area contributed by atoms with Gasteiger partial charge in [-0.3, -0.25) is 10.1 Å². The van der Waals surface area contributed by atoms with Crippen LogP contribution in [0.3, 0.4) is 0 Å². The van der Waals surface area contributed by atoms with Crippen LogP contribution in [0.5, 0.6) is 5.75 Å². The summed E-state index contributed by atoms with van der Waals surface area (Å²) in [6.07, 6.45) is 1.31. The number of piperazine rings is 1. The summed E-state index contributed by atoms with van der Waals surface area (Å²) in [6, 6.07) is 11.2. The summed E-state index contributed by atoms with van der Waals surface area (Å²) in [5.41, 5.74) is 1.19. The molecule has 1 aromatic carbocycles. The van der Waals surface area contributed by atoms with Gasteiger partial charge in [0.1, 0.15) is 17.8 Å². The number of ether oxygens (including phenoxy) is 1. The highest BCUT2D eigenvalue weighted by atomic mass is 16.6. The number of aromatic nitrogens is 1. The lowest BCUT2D eigenvalue weighted by Gasteiger charge is -2.36. The highest BCUT2D eigenvalue weighted by molar-refractivity contribution is 5.51. The first-order chi connectivity index (χ1) is 11.2. The molecule has 0 saturated carbocycles. The van der Waals surface area contributed by atoms with E-state index in [1.54, 1.807) is 13.2 Å². The summed E-state index contributed by atoms with van der Waals surface area (Å²) < 4.78 is 5.17. The Morgan fingerprint density at radius 3 is 2.22 bits per heavy atom. The van der Waals surface area contributed by atoms with Gasteiger partial charge in [0.15, 0.2) is 0 Å². The third-order valence-corrected chi connectivity index (χ3v) is 3.98. The molecule has 1 aromatic heterocycles. The van der Waals surface area contributed by atoms with E-state index < -0.39 is 4.92 Å². The molecule has 2 aromatic rings. The van der Waals surface area contributed by atoms with Crippen LogP contribution in [0.15, 0.2) is 42.6 Å². The van der Waals surface area contributed by atoms with Crippen molar-refractivity contribution < 1.29 is 9.66 Å². The Morgan fingerprint density at radius 1 is 1.04 bits per heavy atom. The second kappa shape index (κ2) is 6.51. The summed E-state index contributed by atoms with van der Waals surface area (Å²) in [4.78, 5) is 18.9. The number of anilines is 2. The molecule has 0 aliphatic carbocycles. The van der Waals surface area contributed by atoms with E-state index >= 15 is 0 Å².